The van der Waals surface area contributed by atoms with Gasteiger partial charge in [0.25, 0.3) is 0 Å². The Labute approximate surface area is 95.1 Å². The van der Waals surface area contributed by atoms with Crippen molar-refractivity contribution in [2.45, 2.75) is 20.3 Å². The Hall–Kier alpha value is -0.900. The predicted molar refractivity (Wildman–Crippen MR) is 61.8 cm³/mol. The van der Waals surface area contributed by atoms with E-state index in [0.29, 0.717) is 19.6 Å². The maximum absolute atomic E-state index is 11.9. The van der Waals surface area contributed by atoms with Gasteiger partial charge in [0.15, 0.2) is 0 Å². The number of rotatable bonds is 7. The fraction of sp³-hybridized carbons (Fsp3) is 0.500. The molecule has 0 radical (unpaired) electrons. The van der Waals surface area contributed by atoms with E-state index < -0.39 is 7.75 Å². The molecule has 16 heavy (non-hydrogen) atoms. The van der Waals surface area contributed by atoms with Crippen molar-refractivity contribution in [2.24, 2.45) is 4.76 Å². The molecule has 0 fully saturated rings. The Morgan fingerprint density at radius 3 is 2.62 bits per heavy atom. The van der Waals surface area contributed by atoms with E-state index in [-0.39, 0.29) is 0 Å². The SMILES string of the molecule is CCOP(=O)(N=CCc1ccco1)OCC. The molecule has 5 nitrogen and oxygen atoms in total. The molecule has 0 saturated carbocycles. The van der Waals surface area contributed by atoms with Crippen LogP contribution in [0.4, 0.5) is 0 Å². The molecule has 0 unspecified atom stereocenters. The van der Waals surface area contributed by atoms with Crippen molar-refractivity contribution in [2.75, 3.05) is 13.2 Å². The Morgan fingerprint density at radius 2 is 2.12 bits per heavy atom. The molecule has 1 rings (SSSR count). The first kappa shape index (κ1) is 13.2. The fourth-order valence-corrected chi connectivity index (χ4v) is 2.23. The molecule has 0 spiro atoms. The van der Waals surface area contributed by atoms with E-state index in [2.05, 4.69) is 4.76 Å². The molecule has 0 amide bonds. The normalized spacial score (nSPS) is 12.4. The zero-order valence-corrected chi connectivity index (χ0v) is 10.4. The molecule has 6 heteroatoms. The molecule has 0 atom stereocenters. The monoisotopic (exact) mass is 245 g/mol. The van der Waals surface area contributed by atoms with Crippen LogP contribution in [-0.4, -0.2) is 19.4 Å². The minimum atomic E-state index is -3.31. The van der Waals surface area contributed by atoms with Gasteiger partial charge in [-0.2, -0.15) is 4.76 Å². The highest BCUT2D eigenvalue weighted by Gasteiger charge is 2.20. The highest BCUT2D eigenvalue weighted by Crippen LogP contribution is 2.49. The summed E-state index contributed by atoms with van der Waals surface area (Å²) in [7, 11) is -3.31. The van der Waals surface area contributed by atoms with Crippen LogP contribution < -0.4 is 0 Å². The molecular weight excluding hydrogens is 229 g/mol. The molecule has 0 bridgehead atoms. The van der Waals surface area contributed by atoms with Crippen LogP contribution in [0.25, 0.3) is 0 Å². The number of hydrogen-bond donors (Lipinski definition) is 0. The van der Waals surface area contributed by atoms with Gasteiger partial charge in [0.2, 0.25) is 0 Å². The first-order chi connectivity index (χ1) is 7.70. The van der Waals surface area contributed by atoms with Crippen molar-refractivity contribution in [3.63, 3.8) is 0 Å². The van der Waals surface area contributed by atoms with Crippen molar-refractivity contribution in [3.8, 4) is 0 Å². The van der Waals surface area contributed by atoms with Crippen molar-refractivity contribution in [1.82, 2.24) is 0 Å². The van der Waals surface area contributed by atoms with Crippen LogP contribution in [0.15, 0.2) is 27.6 Å². The zero-order chi connectivity index (χ0) is 11.9. The van der Waals surface area contributed by atoms with E-state index in [4.69, 9.17) is 13.5 Å². The largest absolute Gasteiger partial charge is 0.469 e. The quantitative estimate of drug-likeness (QED) is 0.547. The summed E-state index contributed by atoms with van der Waals surface area (Å²) in [4.78, 5) is 0. The van der Waals surface area contributed by atoms with Crippen LogP contribution in [0, 0.1) is 0 Å². The fourth-order valence-electron chi connectivity index (χ4n) is 1.09. The van der Waals surface area contributed by atoms with Crippen LogP contribution in [0.2, 0.25) is 0 Å². The minimum Gasteiger partial charge on any atom is -0.469 e. The standard InChI is InChI=1S/C10H16NO4P/c1-3-14-16(12,15-4-2)11-8-7-10-6-5-9-13-10/h5-6,8-9H,3-4,7H2,1-2H3. The first-order valence-electron chi connectivity index (χ1n) is 5.15. The summed E-state index contributed by atoms with van der Waals surface area (Å²) in [5, 5.41) is 0. The summed E-state index contributed by atoms with van der Waals surface area (Å²) in [5.41, 5.74) is 0. The highest BCUT2D eigenvalue weighted by atomic mass is 31.2. The summed E-state index contributed by atoms with van der Waals surface area (Å²) in [6.45, 7) is 4.09. The molecule has 0 saturated heterocycles. The van der Waals surface area contributed by atoms with Gasteiger partial charge in [-0.25, -0.2) is 4.57 Å². The van der Waals surface area contributed by atoms with Gasteiger partial charge in [-0.1, -0.05) is 0 Å². The van der Waals surface area contributed by atoms with Crippen LogP contribution >= 0.6 is 7.75 Å². The average Bonchev–Trinajstić information content (AvgIpc) is 2.71. The topological polar surface area (TPSA) is 61.0 Å². The van der Waals surface area contributed by atoms with Crippen molar-refractivity contribution in [3.05, 3.63) is 24.2 Å². The smallest absolute Gasteiger partial charge is 0.453 e. The third-order valence-corrected chi connectivity index (χ3v) is 3.30. The summed E-state index contributed by atoms with van der Waals surface area (Å²) in [5.74, 6) is 0.753. The lowest BCUT2D eigenvalue weighted by Gasteiger charge is -2.10. The number of nitrogens with zero attached hydrogens (tertiary/aromatic N) is 1. The molecule has 1 aromatic heterocycles. The van der Waals surface area contributed by atoms with Gasteiger partial charge in [0.1, 0.15) is 5.76 Å². The van der Waals surface area contributed by atoms with Crippen molar-refractivity contribution < 1.29 is 18.0 Å². The van der Waals surface area contributed by atoms with E-state index >= 15 is 0 Å². The van der Waals surface area contributed by atoms with Gasteiger partial charge in [0, 0.05) is 12.6 Å². The van der Waals surface area contributed by atoms with E-state index in [1.165, 1.54) is 6.21 Å². The lowest BCUT2D eigenvalue weighted by atomic mass is 10.4. The number of furan rings is 1. The van der Waals surface area contributed by atoms with Crippen LogP contribution in [0.5, 0.6) is 0 Å². The van der Waals surface area contributed by atoms with E-state index in [9.17, 15) is 4.57 Å². The molecular formula is C10H16NO4P. The Kier molecular flexibility index (Phi) is 5.46. The Balaban J connectivity index is 2.54. The lowest BCUT2D eigenvalue weighted by molar-refractivity contribution is 0.221. The lowest BCUT2D eigenvalue weighted by Crippen LogP contribution is -1.94. The second kappa shape index (κ2) is 6.63. The predicted octanol–water partition coefficient (Wildman–Crippen LogP) is 3.07. The highest BCUT2D eigenvalue weighted by molar-refractivity contribution is 7.52. The maximum atomic E-state index is 11.9. The molecule has 0 aliphatic rings. The second-order valence-corrected chi connectivity index (χ2v) is 4.57. The Morgan fingerprint density at radius 1 is 1.44 bits per heavy atom. The van der Waals surface area contributed by atoms with E-state index in [1.807, 2.05) is 6.07 Å². The van der Waals surface area contributed by atoms with Gasteiger partial charge in [-0.05, 0) is 26.0 Å². The Bertz CT molecular complexity index is 351. The number of hydrogen-bond acceptors (Lipinski definition) is 4. The van der Waals surface area contributed by atoms with Crippen molar-refractivity contribution in [1.29, 1.82) is 0 Å². The summed E-state index contributed by atoms with van der Waals surface area (Å²) < 4.78 is 30.8. The van der Waals surface area contributed by atoms with Gasteiger partial charge < -0.3 is 4.42 Å². The van der Waals surface area contributed by atoms with Crippen LogP contribution in [0.1, 0.15) is 19.6 Å². The molecule has 90 valence electrons. The minimum absolute atomic E-state index is 0.301. The third-order valence-electron chi connectivity index (χ3n) is 1.68. The van der Waals surface area contributed by atoms with Gasteiger partial charge in [-0.3, -0.25) is 9.05 Å². The summed E-state index contributed by atoms with van der Waals surface area (Å²) in [6.07, 6.45) is 3.54. The van der Waals surface area contributed by atoms with Gasteiger partial charge >= 0.3 is 7.75 Å². The van der Waals surface area contributed by atoms with E-state index in [0.717, 1.165) is 5.76 Å². The molecule has 0 aromatic carbocycles. The zero-order valence-electron chi connectivity index (χ0n) is 9.46. The second-order valence-electron chi connectivity index (χ2n) is 2.89. The summed E-state index contributed by atoms with van der Waals surface area (Å²) >= 11 is 0. The summed E-state index contributed by atoms with van der Waals surface area (Å²) in [6, 6.07) is 3.60. The molecule has 0 aliphatic heterocycles. The van der Waals surface area contributed by atoms with Crippen molar-refractivity contribution >= 4 is 14.0 Å². The third kappa shape index (κ3) is 4.31. The molecule has 1 aromatic rings. The average molecular weight is 245 g/mol. The maximum Gasteiger partial charge on any atom is 0.453 e. The van der Waals surface area contributed by atoms with Gasteiger partial charge in [-0.15, -0.1) is 0 Å². The van der Waals surface area contributed by atoms with Gasteiger partial charge in [0.05, 0.1) is 19.5 Å². The first-order valence-corrected chi connectivity index (χ1v) is 6.65. The molecule has 1 heterocycles. The molecule has 0 N–H and O–H groups in total. The van der Waals surface area contributed by atoms with Crippen LogP contribution in [-0.2, 0) is 20.0 Å². The molecule has 0 aliphatic carbocycles. The van der Waals surface area contributed by atoms with E-state index in [1.54, 1.807) is 26.2 Å². The van der Waals surface area contributed by atoms with Crippen LogP contribution in [0.3, 0.4) is 0 Å².